The van der Waals surface area contributed by atoms with Gasteiger partial charge < -0.3 is 21.0 Å². The predicted octanol–water partition coefficient (Wildman–Crippen LogP) is 3.29. The van der Waals surface area contributed by atoms with Crippen molar-refractivity contribution in [2.24, 2.45) is 26.3 Å². The summed E-state index contributed by atoms with van der Waals surface area (Å²) >= 11 is 0. The molecule has 0 fully saturated rings. The van der Waals surface area contributed by atoms with Crippen molar-refractivity contribution in [1.82, 2.24) is 59.1 Å². The van der Waals surface area contributed by atoms with Crippen LogP contribution < -0.4 is 17.0 Å². The number of nitrogens with zero attached hydrogens (tertiary/aromatic N) is 16. The van der Waals surface area contributed by atoms with Crippen LogP contribution in [0, 0.1) is 13.8 Å². The number of methoxy groups -OCH3 is 1. The standard InChI is InChI=1S/C32H29N19O4/c1-17-26(28(33)48(46-17)22-8-4-6-10-35-22)42-45-30-20(32(54)55-3)14-40-50(30)25-12-24(37-16-38-25)49-29(19(13-39-49)21(53)15-52)44-43-27-18(2)47-51(31(27)41-34)23-9-5-7-11-36-23/h4-14,16,41,52H,15,33-34H2,1-3H3. The maximum atomic E-state index is 12.8. The molecule has 0 atom stereocenters. The lowest BCUT2D eigenvalue weighted by molar-refractivity contribution is 0.0601. The summed E-state index contributed by atoms with van der Waals surface area (Å²) in [5.41, 5.74) is 10.2. The topological polar surface area (TPSA) is 300 Å². The van der Waals surface area contributed by atoms with Crippen molar-refractivity contribution in [3.63, 3.8) is 0 Å². The number of hydrogen-bond donors (Lipinski definition) is 4. The van der Waals surface area contributed by atoms with Crippen LogP contribution in [0.25, 0.3) is 23.3 Å². The second-order valence-electron chi connectivity index (χ2n) is 11.2. The summed E-state index contributed by atoms with van der Waals surface area (Å²) in [6.45, 7) is 2.54. The van der Waals surface area contributed by atoms with E-state index in [9.17, 15) is 14.7 Å². The molecule has 6 N–H and O–H groups in total. The third kappa shape index (κ3) is 6.64. The van der Waals surface area contributed by atoms with Gasteiger partial charge in [0.15, 0.2) is 63.7 Å². The highest BCUT2D eigenvalue weighted by atomic mass is 16.5. The van der Waals surface area contributed by atoms with Crippen LogP contribution in [0.3, 0.4) is 0 Å². The van der Waals surface area contributed by atoms with Crippen molar-refractivity contribution in [3.05, 3.63) is 96.1 Å². The molecular formula is C32H29N19O4. The van der Waals surface area contributed by atoms with Gasteiger partial charge in [0, 0.05) is 18.5 Å². The van der Waals surface area contributed by atoms with Gasteiger partial charge in [-0.1, -0.05) is 12.1 Å². The average molecular weight is 744 g/mol. The average Bonchev–Trinajstić information content (AvgIpc) is 3.99. The molecular weight excluding hydrogens is 714 g/mol. The first-order valence-corrected chi connectivity index (χ1v) is 16.0. The molecule has 0 aliphatic heterocycles. The number of aliphatic hydroxyl groups is 1. The molecule has 7 heterocycles. The Balaban J connectivity index is 1.29. The van der Waals surface area contributed by atoms with E-state index < -0.39 is 18.4 Å². The van der Waals surface area contributed by atoms with E-state index in [0.717, 1.165) is 0 Å². The Bertz CT molecular complexity index is 2590. The number of nitrogens with one attached hydrogen (secondary N) is 1. The van der Waals surface area contributed by atoms with Gasteiger partial charge in [0.1, 0.15) is 18.5 Å². The van der Waals surface area contributed by atoms with Gasteiger partial charge in [-0.2, -0.15) is 39.1 Å². The molecule has 0 saturated carbocycles. The predicted molar refractivity (Wildman–Crippen MR) is 192 cm³/mol. The number of ketones is 1. The summed E-state index contributed by atoms with van der Waals surface area (Å²) in [5, 5.41) is 44.6. The second-order valence-corrected chi connectivity index (χ2v) is 11.2. The number of esters is 1. The van der Waals surface area contributed by atoms with Crippen LogP contribution in [0.4, 0.5) is 34.6 Å². The number of anilines is 2. The maximum absolute atomic E-state index is 12.8. The summed E-state index contributed by atoms with van der Waals surface area (Å²) < 4.78 is 10.2. The van der Waals surface area contributed by atoms with Crippen molar-refractivity contribution in [1.29, 1.82) is 0 Å². The van der Waals surface area contributed by atoms with Crippen molar-refractivity contribution in [2.45, 2.75) is 13.8 Å². The van der Waals surface area contributed by atoms with Gasteiger partial charge in [0.2, 0.25) is 0 Å². The van der Waals surface area contributed by atoms with Gasteiger partial charge in [-0.3, -0.25) is 4.79 Å². The van der Waals surface area contributed by atoms with E-state index in [-0.39, 0.29) is 57.4 Å². The molecule has 0 aliphatic carbocycles. The number of carbonyl (C=O) groups excluding carboxylic acids is 2. The van der Waals surface area contributed by atoms with Crippen molar-refractivity contribution < 1.29 is 19.4 Å². The number of rotatable bonds is 12. The highest BCUT2D eigenvalue weighted by molar-refractivity contribution is 6.00. The number of ether oxygens (including phenoxy) is 1. The van der Waals surface area contributed by atoms with Gasteiger partial charge in [-0.05, 0) is 38.1 Å². The van der Waals surface area contributed by atoms with Gasteiger partial charge >= 0.3 is 5.97 Å². The lowest BCUT2D eigenvalue weighted by Crippen LogP contribution is -2.12. The summed E-state index contributed by atoms with van der Waals surface area (Å²) in [4.78, 5) is 42.8. The molecule has 23 nitrogen and oxygen atoms in total. The molecule has 7 aromatic rings. The van der Waals surface area contributed by atoms with Crippen molar-refractivity contribution in [3.8, 4) is 23.3 Å². The first-order valence-electron chi connectivity index (χ1n) is 16.0. The third-order valence-corrected chi connectivity index (χ3v) is 7.86. The molecule has 0 radical (unpaired) electrons. The summed E-state index contributed by atoms with van der Waals surface area (Å²) in [5.74, 6) is 5.76. The molecule has 55 heavy (non-hydrogen) atoms. The smallest absolute Gasteiger partial charge is 0.343 e. The highest BCUT2D eigenvalue weighted by Gasteiger charge is 2.24. The molecule has 0 aliphatic rings. The minimum atomic E-state index is -0.835. The number of aliphatic hydroxyl groups excluding tert-OH is 1. The number of azo groups is 2. The fourth-order valence-electron chi connectivity index (χ4n) is 5.24. The zero-order valence-electron chi connectivity index (χ0n) is 29.1. The number of carbonyl (C=O) groups is 2. The first kappa shape index (κ1) is 35.5. The second kappa shape index (κ2) is 15.0. The van der Waals surface area contributed by atoms with Gasteiger partial charge in [0.05, 0.1) is 36.5 Å². The monoisotopic (exact) mass is 743 g/mol. The van der Waals surface area contributed by atoms with E-state index in [2.05, 4.69) is 66.2 Å². The molecule has 276 valence electrons. The minimum absolute atomic E-state index is 0.0462. The Kier molecular flexibility index (Phi) is 9.66. The fraction of sp³-hybridized carbons (Fsp3) is 0.125. The van der Waals surface area contributed by atoms with E-state index in [4.69, 9.17) is 16.3 Å². The number of aryl methyl sites for hydroxylation is 2. The number of nitrogen functional groups attached to an aromatic ring is 2. The van der Waals surface area contributed by atoms with E-state index >= 15 is 0 Å². The van der Waals surface area contributed by atoms with Crippen LogP contribution in [0.15, 0.2) is 94.0 Å². The fourth-order valence-corrected chi connectivity index (χ4v) is 5.24. The number of pyridine rings is 2. The van der Waals surface area contributed by atoms with Crippen LogP contribution >= 0.6 is 0 Å². The van der Waals surface area contributed by atoms with Crippen LogP contribution in [0.2, 0.25) is 0 Å². The Morgan fingerprint density at radius 2 is 1.33 bits per heavy atom. The zero-order chi connectivity index (χ0) is 38.6. The summed E-state index contributed by atoms with van der Waals surface area (Å²) in [7, 11) is 1.21. The normalized spacial score (nSPS) is 11.5. The van der Waals surface area contributed by atoms with Crippen LogP contribution in [-0.4, -0.2) is 89.6 Å². The Morgan fingerprint density at radius 3 is 1.91 bits per heavy atom. The number of nitrogens with two attached hydrogens (primary N) is 2. The van der Waals surface area contributed by atoms with E-state index in [0.29, 0.717) is 23.0 Å². The van der Waals surface area contributed by atoms with Crippen molar-refractivity contribution >= 4 is 46.4 Å². The highest BCUT2D eigenvalue weighted by Crippen LogP contribution is 2.35. The minimum Gasteiger partial charge on any atom is -0.465 e. The SMILES string of the molecule is COC(=O)c1cnn(-c2cc(-n3ncc(C(=O)CO)c3N=Nc3c(C)nn(-c4ccccn4)c3NN)ncn2)c1N=Nc1c(C)nn(-c2ccccn2)c1N. The molecule has 0 unspecified atom stereocenters. The number of Topliss-reactive ketones (excluding diaryl/α,β-unsaturated/α-hetero) is 1. The molecule has 0 spiro atoms. The Hall–Kier alpha value is -7.92. The summed E-state index contributed by atoms with van der Waals surface area (Å²) in [6.07, 6.45) is 6.83. The van der Waals surface area contributed by atoms with Crippen LogP contribution in [0.1, 0.15) is 32.1 Å². The van der Waals surface area contributed by atoms with E-state index in [1.54, 1.807) is 62.6 Å². The number of hydrogen-bond acceptors (Lipinski definition) is 19. The quantitative estimate of drug-likeness (QED) is 0.0459. The van der Waals surface area contributed by atoms with Gasteiger partial charge in [0.25, 0.3) is 0 Å². The molecule has 7 aromatic heterocycles. The number of hydrazine groups is 1. The van der Waals surface area contributed by atoms with E-state index in [1.165, 1.54) is 50.6 Å². The Labute approximate surface area is 309 Å². The summed E-state index contributed by atoms with van der Waals surface area (Å²) in [6, 6.07) is 12.0. The Morgan fingerprint density at radius 1 is 0.764 bits per heavy atom. The molecule has 23 heteroatoms. The molecule has 0 bridgehead atoms. The molecule has 0 amide bonds. The maximum Gasteiger partial charge on any atom is 0.343 e. The van der Waals surface area contributed by atoms with Crippen LogP contribution in [0.5, 0.6) is 0 Å². The molecule has 7 rings (SSSR count). The third-order valence-electron chi connectivity index (χ3n) is 7.86. The largest absolute Gasteiger partial charge is 0.465 e. The van der Waals surface area contributed by atoms with Gasteiger partial charge in [-0.15, -0.1) is 20.5 Å². The van der Waals surface area contributed by atoms with Crippen LogP contribution in [-0.2, 0) is 4.74 Å². The molecule has 0 saturated heterocycles. The van der Waals surface area contributed by atoms with Gasteiger partial charge in [-0.25, -0.2) is 30.6 Å². The van der Waals surface area contributed by atoms with E-state index in [1.807, 2.05) is 0 Å². The lowest BCUT2D eigenvalue weighted by Gasteiger charge is -2.08. The number of aromatic nitrogens is 12. The molecule has 0 aromatic carbocycles. The first-order chi connectivity index (χ1) is 26.7. The van der Waals surface area contributed by atoms with Crippen molar-refractivity contribution in [2.75, 3.05) is 24.9 Å². The lowest BCUT2D eigenvalue weighted by atomic mass is 10.2. The zero-order valence-corrected chi connectivity index (χ0v) is 29.1.